The lowest BCUT2D eigenvalue weighted by Gasteiger charge is -2.32. The molecule has 0 spiro atoms. The predicted octanol–water partition coefficient (Wildman–Crippen LogP) is 2.89. The van der Waals surface area contributed by atoms with Crippen molar-refractivity contribution in [2.24, 2.45) is 0 Å². The monoisotopic (exact) mass is 421 g/mol. The van der Waals surface area contributed by atoms with E-state index < -0.39 is 10.0 Å². The van der Waals surface area contributed by atoms with Crippen LogP contribution in [0.1, 0.15) is 11.1 Å². The zero-order valence-electron chi connectivity index (χ0n) is 15.7. The van der Waals surface area contributed by atoms with Gasteiger partial charge < -0.3 is 14.4 Å². The zero-order chi connectivity index (χ0) is 20.5. The molecule has 9 heteroatoms. The molecular formula is C19H20ClN3O4S. The molecule has 0 fully saturated rings. The Labute approximate surface area is 169 Å². The van der Waals surface area contributed by atoms with Gasteiger partial charge in [-0.3, -0.25) is 4.72 Å². The van der Waals surface area contributed by atoms with Crippen LogP contribution in [0, 0.1) is 11.3 Å². The molecule has 2 aromatic rings. The van der Waals surface area contributed by atoms with E-state index in [9.17, 15) is 8.42 Å². The van der Waals surface area contributed by atoms with Crippen LogP contribution in [0.2, 0.25) is 5.02 Å². The summed E-state index contributed by atoms with van der Waals surface area (Å²) in [5.74, 6) is 1.09. The van der Waals surface area contributed by atoms with Gasteiger partial charge >= 0.3 is 0 Å². The molecule has 0 bridgehead atoms. The molecule has 2 aromatic carbocycles. The maximum atomic E-state index is 12.9. The fourth-order valence-electron chi connectivity index (χ4n) is 3.03. The Hall–Kier alpha value is -2.47. The molecule has 0 saturated carbocycles. The van der Waals surface area contributed by atoms with Gasteiger partial charge in [-0.1, -0.05) is 11.6 Å². The van der Waals surface area contributed by atoms with Crippen LogP contribution in [0.4, 0.5) is 5.69 Å². The molecule has 0 aromatic heterocycles. The molecule has 0 saturated heterocycles. The van der Waals surface area contributed by atoms with E-state index >= 15 is 0 Å². The molecule has 148 valence electrons. The van der Waals surface area contributed by atoms with Crippen LogP contribution in [0.3, 0.4) is 0 Å². The first-order chi connectivity index (χ1) is 13.3. The highest BCUT2D eigenvalue weighted by Crippen LogP contribution is 2.41. The van der Waals surface area contributed by atoms with Gasteiger partial charge in [-0.25, -0.2) is 8.42 Å². The van der Waals surface area contributed by atoms with E-state index in [1.54, 1.807) is 19.2 Å². The predicted molar refractivity (Wildman–Crippen MR) is 107 cm³/mol. The minimum Gasteiger partial charge on any atom is -0.496 e. The number of benzene rings is 2. The van der Waals surface area contributed by atoms with Crippen molar-refractivity contribution >= 4 is 27.3 Å². The van der Waals surface area contributed by atoms with Gasteiger partial charge in [0, 0.05) is 11.6 Å². The molecule has 1 aliphatic rings. The number of ether oxygens (including phenoxy) is 2. The van der Waals surface area contributed by atoms with Gasteiger partial charge in [0.05, 0.1) is 29.5 Å². The van der Waals surface area contributed by atoms with Gasteiger partial charge in [-0.2, -0.15) is 5.26 Å². The minimum atomic E-state index is -3.97. The van der Waals surface area contributed by atoms with E-state index in [0.29, 0.717) is 30.2 Å². The van der Waals surface area contributed by atoms with Crippen molar-refractivity contribution in [2.45, 2.75) is 17.4 Å². The van der Waals surface area contributed by atoms with E-state index in [1.165, 1.54) is 18.2 Å². The van der Waals surface area contributed by atoms with Crippen LogP contribution in [0.15, 0.2) is 35.2 Å². The molecule has 0 radical (unpaired) electrons. The Morgan fingerprint density at radius 1 is 1.32 bits per heavy atom. The van der Waals surface area contributed by atoms with E-state index in [1.807, 2.05) is 20.2 Å². The first kappa shape index (κ1) is 20.3. The maximum absolute atomic E-state index is 12.9. The van der Waals surface area contributed by atoms with Crippen molar-refractivity contribution in [3.8, 4) is 17.6 Å². The molecule has 1 unspecified atom stereocenters. The number of methoxy groups -OCH3 is 1. The molecule has 1 atom stereocenters. The number of likely N-dealkylation sites (N-methyl/N-ethyl adjacent to an activating group) is 1. The first-order valence-electron chi connectivity index (χ1n) is 8.48. The van der Waals surface area contributed by atoms with Crippen molar-refractivity contribution in [1.29, 1.82) is 5.26 Å². The van der Waals surface area contributed by atoms with Crippen LogP contribution in [-0.2, 0) is 16.4 Å². The number of sulfonamides is 1. The number of anilines is 1. The molecule has 0 aliphatic carbocycles. The largest absolute Gasteiger partial charge is 0.496 e. The smallest absolute Gasteiger partial charge is 0.263 e. The Bertz CT molecular complexity index is 1050. The quantitative estimate of drug-likeness (QED) is 0.798. The van der Waals surface area contributed by atoms with Crippen LogP contribution in [-0.4, -0.2) is 47.2 Å². The third-order valence-corrected chi connectivity index (χ3v) is 6.47. The number of halogens is 1. The third kappa shape index (κ3) is 3.87. The molecular weight excluding hydrogens is 402 g/mol. The summed E-state index contributed by atoms with van der Waals surface area (Å²) < 4.78 is 39.6. The van der Waals surface area contributed by atoms with Gasteiger partial charge in [0.15, 0.2) is 0 Å². The number of fused-ring (bicyclic) bond motifs is 1. The molecule has 3 rings (SSSR count). The maximum Gasteiger partial charge on any atom is 0.263 e. The van der Waals surface area contributed by atoms with E-state index in [4.69, 9.17) is 26.3 Å². The van der Waals surface area contributed by atoms with E-state index in [-0.39, 0.29) is 21.5 Å². The summed E-state index contributed by atoms with van der Waals surface area (Å²) in [4.78, 5) is 1.94. The standard InChI is InChI=1S/C19H20ClN3O4S/c1-23(2)13-9-14-17(26-3)6-5-16(19(14)27-11-13)22-28(24,25)18-7-4-12(10-21)8-15(18)20/h4-8,13,22H,9,11H2,1-3H3. The normalized spacial score (nSPS) is 16.1. The van der Waals surface area contributed by atoms with Crippen molar-refractivity contribution in [1.82, 2.24) is 4.90 Å². The molecule has 1 aliphatic heterocycles. The van der Waals surface area contributed by atoms with Crippen LogP contribution in [0.25, 0.3) is 0 Å². The highest BCUT2D eigenvalue weighted by atomic mass is 35.5. The lowest BCUT2D eigenvalue weighted by Crippen LogP contribution is -2.38. The van der Waals surface area contributed by atoms with E-state index in [0.717, 1.165) is 5.56 Å². The highest BCUT2D eigenvalue weighted by Gasteiger charge is 2.29. The minimum absolute atomic E-state index is 0.0254. The lowest BCUT2D eigenvalue weighted by atomic mass is 10.00. The van der Waals surface area contributed by atoms with Gasteiger partial charge in [0.25, 0.3) is 10.0 Å². The molecule has 0 amide bonds. The van der Waals surface area contributed by atoms with Crippen molar-refractivity contribution in [3.05, 3.63) is 46.5 Å². The fraction of sp³-hybridized carbons (Fsp3) is 0.316. The zero-order valence-corrected chi connectivity index (χ0v) is 17.3. The number of nitrogens with zero attached hydrogens (tertiary/aromatic N) is 2. The molecule has 7 nitrogen and oxygen atoms in total. The second kappa shape index (κ2) is 7.87. The summed E-state index contributed by atoms with van der Waals surface area (Å²) in [5, 5.41) is 8.90. The van der Waals surface area contributed by atoms with Crippen molar-refractivity contribution in [3.63, 3.8) is 0 Å². The van der Waals surface area contributed by atoms with Gasteiger partial charge in [-0.05, 0) is 50.8 Å². The topological polar surface area (TPSA) is 91.7 Å². The van der Waals surface area contributed by atoms with Crippen molar-refractivity contribution in [2.75, 3.05) is 32.5 Å². The number of nitriles is 1. The summed E-state index contributed by atoms with van der Waals surface area (Å²) in [6.45, 7) is 0.430. The van der Waals surface area contributed by atoms with E-state index in [2.05, 4.69) is 9.62 Å². The summed E-state index contributed by atoms with van der Waals surface area (Å²) in [6.07, 6.45) is 0.665. The third-order valence-electron chi connectivity index (χ3n) is 4.62. The van der Waals surface area contributed by atoms with Crippen LogP contribution in [0.5, 0.6) is 11.5 Å². The van der Waals surface area contributed by atoms with Gasteiger partial charge in [0.1, 0.15) is 23.0 Å². The Morgan fingerprint density at radius 2 is 2.07 bits per heavy atom. The van der Waals surface area contributed by atoms with Gasteiger partial charge in [-0.15, -0.1) is 0 Å². The fourth-order valence-corrected chi connectivity index (χ4v) is 4.64. The van der Waals surface area contributed by atoms with Gasteiger partial charge in [0.2, 0.25) is 0 Å². The Kier molecular flexibility index (Phi) is 5.70. The lowest BCUT2D eigenvalue weighted by molar-refractivity contribution is 0.164. The number of nitrogens with one attached hydrogen (secondary N) is 1. The average molecular weight is 422 g/mol. The number of hydrogen-bond donors (Lipinski definition) is 1. The molecule has 1 N–H and O–H groups in total. The Balaban J connectivity index is 1.99. The molecule has 1 heterocycles. The van der Waals surface area contributed by atoms with Crippen LogP contribution >= 0.6 is 11.6 Å². The average Bonchev–Trinajstić information content (AvgIpc) is 2.67. The van der Waals surface area contributed by atoms with Crippen LogP contribution < -0.4 is 14.2 Å². The number of rotatable bonds is 5. The number of hydrogen-bond acceptors (Lipinski definition) is 6. The summed E-state index contributed by atoms with van der Waals surface area (Å²) >= 11 is 6.08. The molecule has 28 heavy (non-hydrogen) atoms. The summed E-state index contributed by atoms with van der Waals surface area (Å²) in [5.41, 5.74) is 1.40. The van der Waals surface area contributed by atoms with Crippen molar-refractivity contribution < 1.29 is 17.9 Å². The SMILES string of the molecule is COc1ccc(NS(=O)(=O)c2ccc(C#N)cc2Cl)c2c1CC(N(C)C)CO2. The second-order valence-electron chi connectivity index (χ2n) is 6.62. The second-order valence-corrected chi connectivity index (χ2v) is 8.68. The summed E-state index contributed by atoms with van der Waals surface area (Å²) in [7, 11) is 1.52. The Morgan fingerprint density at radius 3 is 2.68 bits per heavy atom. The first-order valence-corrected chi connectivity index (χ1v) is 10.3. The highest BCUT2D eigenvalue weighted by molar-refractivity contribution is 7.92. The summed E-state index contributed by atoms with van der Waals surface area (Å²) in [6, 6.07) is 9.42.